The summed E-state index contributed by atoms with van der Waals surface area (Å²) < 4.78 is 153. The second kappa shape index (κ2) is 118. The van der Waals surface area contributed by atoms with Gasteiger partial charge in [-0.25, -0.2) is 43.9 Å². The summed E-state index contributed by atoms with van der Waals surface area (Å²) in [5.41, 5.74) is 2.97. The molecule has 0 saturated carbocycles. The van der Waals surface area contributed by atoms with E-state index in [-0.39, 0.29) is 92.8 Å². The van der Waals surface area contributed by atoms with Crippen LogP contribution in [0, 0.1) is 0 Å². The van der Waals surface area contributed by atoms with Crippen molar-refractivity contribution in [3.8, 4) is 0 Å². The highest BCUT2D eigenvalue weighted by molar-refractivity contribution is 7.85. The summed E-state index contributed by atoms with van der Waals surface area (Å²) in [6.45, 7) is 6.52. The summed E-state index contributed by atoms with van der Waals surface area (Å²) in [5, 5.41) is 0. The number of rotatable bonds is 4. The van der Waals surface area contributed by atoms with Crippen molar-refractivity contribution >= 4 is 10.2 Å². The summed E-state index contributed by atoms with van der Waals surface area (Å²) in [5.74, 6) is 0. The van der Waals surface area contributed by atoms with E-state index in [0.29, 0.717) is 13.4 Å². The van der Waals surface area contributed by atoms with Crippen molar-refractivity contribution in [2.24, 2.45) is 0 Å². The van der Waals surface area contributed by atoms with E-state index in [0.717, 1.165) is 22.3 Å². The SMILES string of the molecule is C.C.C.C.C.C.C.C.CC.CC.CC.CCF.CF.CS(=O)(=O)F.FCF.FCF.FCF.FCc1ccccc1.FCc1ccccc1.FCc1ccccc1.FCc1ccccc1. The van der Waals surface area contributed by atoms with Gasteiger partial charge < -0.3 is 0 Å². The van der Waals surface area contributed by atoms with Gasteiger partial charge in [0.1, 0.15) is 26.7 Å². The Morgan fingerprint density at radius 2 is 0.415 bits per heavy atom. The van der Waals surface area contributed by atoms with Crippen molar-refractivity contribution < 1.29 is 65.0 Å². The molecule has 0 saturated heterocycles. The molecule has 4 aromatic carbocycles. The molecule has 0 aliphatic carbocycles. The van der Waals surface area contributed by atoms with Gasteiger partial charge in [-0.05, 0) is 29.2 Å². The van der Waals surface area contributed by atoms with Crippen molar-refractivity contribution in [3.63, 3.8) is 0 Å². The van der Waals surface area contributed by atoms with Crippen LogP contribution in [0.3, 0.4) is 0 Å². The Morgan fingerprint density at radius 3 is 0.462 bits per heavy atom. The molecule has 0 heterocycles. The van der Waals surface area contributed by atoms with Crippen molar-refractivity contribution in [2.75, 3.05) is 40.9 Å². The van der Waals surface area contributed by atoms with Crippen LogP contribution in [0.25, 0.3) is 0 Å². The van der Waals surface area contributed by atoms with Gasteiger partial charge in [-0.1, -0.05) is 222 Å². The van der Waals surface area contributed by atoms with Crippen LogP contribution in [0.15, 0.2) is 121 Å². The molecule has 4 rings (SSSR count). The van der Waals surface area contributed by atoms with Crippen LogP contribution < -0.4 is 0 Å². The number of halogens is 13. The normalized spacial score (nSPS) is 6.86. The lowest BCUT2D eigenvalue weighted by Gasteiger charge is -1.87. The number of hydrogen-bond acceptors (Lipinski definition) is 2. The highest BCUT2D eigenvalue weighted by Gasteiger charge is 1.86. The number of benzene rings is 4. The molecule has 0 spiro atoms. The highest BCUT2D eigenvalue weighted by atomic mass is 32.3. The van der Waals surface area contributed by atoms with Gasteiger partial charge in [-0.2, -0.15) is 8.42 Å². The molecule has 0 aromatic heterocycles. The van der Waals surface area contributed by atoms with E-state index in [4.69, 9.17) is 8.42 Å². The molecule has 0 amide bonds. The van der Waals surface area contributed by atoms with E-state index in [1.165, 1.54) is 6.92 Å². The van der Waals surface area contributed by atoms with Crippen molar-refractivity contribution in [1.29, 1.82) is 0 Å². The van der Waals surface area contributed by atoms with Gasteiger partial charge in [0.25, 0.3) is 10.2 Å². The van der Waals surface area contributed by atoms with E-state index in [1.807, 2.05) is 114 Å². The van der Waals surface area contributed by atoms with E-state index >= 15 is 0 Å². The molecule has 0 bridgehead atoms. The molecule has 2 nitrogen and oxygen atoms in total. The average Bonchev–Trinajstić information content (AvgIpc) is 3.26. The molecular formula is C49H95F13O2S. The minimum absolute atomic E-state index is 0. The third kappa shape index (κ3) is 156. The maximum Gasteiger partial charge on any atom is 0.299 e. The maximum absolute atomic E-state index is 11.7. The zero-order chi connectivity index (χ0) is 46.6. The Labute approximate surface area is 393 Å². The van der Waals surface area contributed by atoms with Crippen molar-refractivity contribution in [1.82, 2.24) is 0 Å². The van der Waals surface area contributed by atoms with Crippen LogP contribution >= 0.6 is 0 Å². The first-order valence-corrected chi connectivity index (χ1v) is 18.8. The Bertz CT molecular complexity index is 1050. The van der Waals surface area contributed by atoms with Crippen molar-refractivity contribution in [2.45, 2.75) is 135 Å². The highest BCUT2D eigenvalue weighted by Crippen LogP contribution is 2.00. The van der Waals surface area contributed by atoms with Gasteiger partial charge in [0, 0.05) is 0 Å². The summed E-state index contributed by atoms with van der Waals surface area (Å²) in [6.07, 6.45) is 0.493. The molecule has 400 valence electrons. The Kier molecular flexibility index (Phi) is 207. The number of hydrogen-bond donors (Lipinski definition) is 0. The Morgan fingerprint density at radius 1 is 0.338 bits per heavy atom. The molecule has 0 atom stereocenters. The molecule has 0 fully saturated rings. The molecule has 0 unspecified atom stereocenters. The minimum Gasteiger partial charge on any atom is -0.255 e. The molecule has 0 aliphatic heterocycles. The molecule has 0 N–H and O–H groups in total. The first-order valence-electron chi connectivity index (χ1n) is 17.0. The molecule has 65 heavy (non-hydrogen) atoms. The summed E-state index contributed by atoms with van der Waals surface area (Å²) >= 11 is 0. The number of alkyl halides is 12. The average molecular weight is 995 g/mol. The molecule has 0 radical (unpaired) electrons. The van der Waals surface area contributed by atoms with Crippen LogP contribution in [0.5, 0.6) is 0 Å². The van der Waals surface area contributed by atoms with Gasteiger partial charge in [0.05, 0.1) is 20.1 Å². The maximum atomic E-state index is 11.7. The van der Waals surface area contributed by atoms with Crippen molar-refractivity contribution in [3.05, 3.63) is 144 Å². The standard InChI is InChI=1S/4C7H7F.C2H5F.3C2H6.3CH2F2.CH3FO2S.CH3F.8CH4/c4*8-6-7-4-2-1-3-5-7;1-2-3;3*1-2;3*2-1-3;1-5(2,3)4;1-2;;;;;;;;/h4*1-5H,6H2;2H2,1H3;3*1-2H3;3*1H2;1H3;1H3;8*1H4. The van der Waals surface area contributed by atoms with Gasteiger partial charge in [0.15, 0.2) is 0 Å². The van der Waals surface area contributed by atoms with Gasteiger partial charge in [0.2, 0.25) is 20.8 Å². The van der Waals surface area contributed by atoms with Crippen LogP contribution in [-0.2, 0) is 36.9 Å². The smallest absolute Gasteiger partial charge is 0.255 e. The third-order valence-electron chi connectivity index (χ3n) is 3.99. The lowest BCUT2D eigenvalue weighted by molar-refractivity contribution is 0.295. The van der Waals surface area contributed by atoms with Gasteiger partial charge in [-0.3, -0.25) is 8.78 Å². The van der Waals surface area contributed by atoms with E-state index in [1.54, 1.807) is 48.5 Å². The second-order valence-corrected chi connectivity index (χ2v) is 9.09. The van der Waals surface area contributed by atoms with Crippen LogP contribution in [-0.4, -0.2) is 49.3 Å². The molecular weight excluding hydrogens is 900 g/mol. The largest absolute Gasteiger partial charge is 0.299 e. The molecule has 0 aliphatic rings. The minimum atomic E-state index is -4.17. The lowest BCUT2D eigenvalue weighted by Crippen LogP contribution is -1.78. The van der Waals surface area contributed by atoms with E-state index in [2.05, 4.69) is 0 Å². The first kappa shape index (κ1) is 113. The fraction of sp³-hybridized carbons (Fsp3) is 0.510. The zero-order valence-corrected chi connectivity index (χ0v) is 35.2. The van der Waals surface area contributed by atoms with Gasteiger partial charge in [-0.15, -0.1) is 3.89 Å². The summed E-state index contributed by atoms with van der Waals surface area (Å²) in [6, 6.07) is 36.2. The predicted molar refractivity (Wildman–Crippen MR) is 269 cm³/mol. The van der Waals surface area contributed by atoms with Gasteiger partial charge >= 0.3 is 0 Å². The molecule has 16 heteroatoms. The van der Waals surface area contributed by atoms with Crippen LogP contribution in [0.2, 0.25) is 0 Å². The Balaban J connectivity index is -0.0000000263. The van der Waals surface area contributed by atoms with E-state index in [9.17, 15) is 56.6 Å². The second-order valence-electron chi connectivity index (χ2n) is 7.73. The fourth-order valence-electron chi connectivity index (χ4n) is 2.27. The predicted octanol–water partition coefficient (Wildman–Crippen LogP) is 20.9. The van der Waals surface area contributed by atoms with Crippen LogP contribution in [0.1, 0.15) is 130 Å². The lowest BCUT2D eigenvalue weighted by atomic mass is 10.2. The van der Waals surface area contributed by atoms with E-state index < -0.39 is 31.0 Å². The Hall–Kier alpha value is -4.08. The summed E-state index contributed by atoms with van der Waals surface area (Å²) in [4.78, 5) is 0. The first-order chi connectivity index (χ1) is 27.4. The third-order valence-corrected chi connectivity index (χ3v) is 3.99. The molecule has 4 aromatic rings. The quantitative estimate of drug-likeness (QED) is 0.151. The summed E-state index contributed by atoms with van der Waals surface area (Å²) in [7, 11) is -3.67. The van der Waals surface area contributed by atoms with Crippen LogP contribution in [0.4, 0.5) is 56.6 Å². The monoisotopic (exact) mass is 995 g/mol. The topological polar surface area (TPSA) is 34.1 Å². The zero-order valence-electron chi connectivity index (χ0n) is 34.3. The fourth-order valence-corrected chi connectivity index (χ4v) is 2.27.